The van der Waals surface area contributed by atoms with Crippen molar-refractivity contribution in [1.82, 2.24) is 0 Å². The molecular formula is C19H29O2-. The Bertz CT molecular complexity index is 362. The third-order valence-electron chi connectivity index (χ3n) is 3.33. The average molecular weight is 289 g/mol. The molecule has 0 saturated heterocycles. The van der Waals surface area contributed by atoms with Crippen molar-refractivity contribution in [2.45, 2.75) is 90.4 Å². The highest BCUT2D eigenvalue weighted by Crippen LogP contribution is 2.08. The van der Waals surface area contributed by atoms with Gasteiger partial charge in [-0.2, -0.15) is 0 Å². The number of carboxylic acid groups (broad SMARTS) is 1. The summed E-state index contributed by atoms with van der Waals surface area (Å²) in [6.45, 7) is 2.25. The smallest absolute Gasteiger partial charge is 0.0414 e. The summed E-state index contributed by atoms with van der Waals surface area (Å²) in [5, 5.41) is 10.2. The van der Waals surface area contributed by atoms with Gasteiger partial charge in [0.05, 0.1) is 0 Å². The van der Waals surface area contributed by atoms with Gasteiger partial charge in [0.2, 0.25) is 0 Å². The van der Waals surface area contributed by atoms with Gasteiger partial charge in [-0.1, -0.05) is 63.7 Å². The SMILES string of the molecule is CCCCCCCCCCC#CC#CCCCCC(=O)[O-]. The summed E-state index contributed by atoms with van der Waals surface area (Å²) in [4.78, 5) is 10.2. The fourth-order valence-corrected chi connectivity index (χ4v) is 2.04. The van der Waals surface area contributed by atoms with Crippen LogP contribution in [0, 0.1) is 23.7 Å². The molecule has 21 heavy (non-hydrogen) atoms. The number of hydrogen-bond acceptors (Lipinski definition) is 2. The van der Waals surface area contributed by atoms with Crippen LogP contribution in [0.1, 0.15) is 90.4 Å². The highest BCUT2D eigenvalue weighted by atomic mass is 16.4. The molecule has 0 spiro atoms. The number of aliphatic carboxylic acids is 1. The fraction of sp³-hybridized carbons (Fsp3) is 0.737. The molecule has 0 aromatic rings. The number of carbonyl (C=O) groups excluding carboxylic acids is 1. The van der Waals surface area contributed by atoms with E-state index in [2.05, 4.69) is 30.6 Å². The Morgan fingerprint density at radius 1 is 0.762 bits per heavy atom. The Hall–Kier alpha value is -1.41. The van der Waals surface area contributed by atoms with Crippen LogP contribution in [0.2, 0.25) is 0 Å². The van der Waals surface area contributed by atoms with Gasteiger partial charge < -0.3 is 9.90 Å². The van der Waals surface area contributed by atoms with Crippen molar-refractivity contribution in [2.75, 3.05) is 0 Å². The molecule has 0 aliphatic carbocycles. The summed E-state index contributed by atoms with van der Waals surface area (Å²) < 4.78 is 0. The number of unbranched alkanes of at least 4 members (excludes halogenated alkanes) is 10. The van der Waals surface area contributed by atoms with Crippen LogP contribution in [-0.2, 0) is 4.79 Å². The zero-order valence-corrected chi connectivity index (χ0v) is 13.5. The number of carboxylic acids is 1. The van der Waals surface area contributed by atoms with E-state index in [-0.39, 0.29) is 6.42 Å². The van der Waals surface area contributed by atoms with Crippen LogP contribution in [0.15, 0.2) is 0 Å². The van der Waals surface area contributed by atoms with E-state index in [9.17, 15) is 9.90 Å². The molecule has 0 aliphatic rings. The highest BCUT2D eigenvalue weighted by Gasteiger charge is 1.90. The molecule has 0 unspecified atom stereocenters. The van der Waals surface area contributed by atoms with E-state index >= 15 is 0 Å². The van der Waals surface area contributed by atoms with Gasteiger partial charge in [0.25, 0.3) is 0 Å². The molecule has 0 amide bonds. The third kappa shape index (κ3) is 18.6. The van der Waals surface area contributed by atoms with E-state index in [0.717, 1.165) is 19.3 Å². The quantitative estimate of drug-likeness (QED) is 0.404. The zero-order valence-electron chi connectivity index (χ0n) is 13.5. The van der Waals surface area contributed by atoms with Crippen molar-refractivity contribution in [2.24, 2.45) is 0 Å². The Morgan fingerprint density at radius 3 is 1.76 bits per heavy atom. The van der Waals surface area contributed by atoms with E-state index in [4.69, 9.17) is 0 Å². The van der Waals surface area contributed by atoms with E-state index < -0.39 is 5.97 Å². The molecule has 0 rings (SSSR count). The topological polar surface area (TPSA) is 40.1 Å². The molecule has 0 atom stereocenters. The van der Waals surface area contributed by atoms with Gasteiger partial charge in [-0.05, 0) is 37.5 Å². The van der Waals surface area contributed by atoms with Crippen molar-refractivity contribution in [3.63, 3.8) is 0 Å². The molecule has 2 nitrogen and oxygen atoms in total. The van der Waals surface area contributed by atoms with Crippen molar-refractivity contribution < 1.29 is 9.90 Å². The lowest BCUT2D eigenvalue weighted by molar-refractivity contribution is -0.305. The molecule has 0 heterocycles. The Kier molecular flexibility index (Phi) is 15.5. The van der Waals surface area contributed by atoms with Crippen LogP contribution in [0.5, 0.6) is 0 Å². The molecule has 0 radical (unpaired) electrons. The van der Waals surface area contributed by atoms with Crippen LogP contribution in [-0.4, -0.2) is 5.97 Å². The summed E-state index contributed by atoms with van der Waals surface area (Å²) in [5.41, 5.74) is 0. The normalized spacial score (nSPS) is 9.38. The molecule has 118 valence electrons. The van der Waals surface area contributed by atoms with Crippen LogP contribution in [0.25, 0.3) is 0 Å². The summed E-state index contributed by atoms with van der Waals surface area (Å²) >= 11 is 0. The predicted molar refractivity (Wildman–Crippen MR) is 86.3 cm³/mol. The number of carbonyl (C=O) groups is 1. The van der Waals surface area contributed by atoms with Gasteiger partial charge in [-0.3, -0.25) is 0 Å². The standard InChI is InChI=1S/C19H30O2/c1-2-3-4-5-6-7-8-9-10-11-12-13-14-15-16-17-18-19(20)21/h2-10,15-18H2,1H3,(H,20,21)/p-1. The van der Waals surface area contributed by atoms with Crippen molar-refractivity contribution in [3.8, 4) is 23.7 Å². The molecule has 0 aromatic heterocycles. The Labute approximate surface area is 130 Å². The van der Waals surface area contributed by atoms with Crippen molar-refractivity contribution in [1.29, 1.82) is 0 Å². The Balaban J connectivity index is 3.28. The van der Waals surface area contributed by atoms with Crippen LogP contribution >= 0.6 is 0 Å². The minimum Gasteiger partial charge on any atom is -0.550 e. The maximum absolute atomic E-state index is 10.2. The van der Waals surface area contributed by atoms with Gasteiger partial charge in [0.15, 0.2) is 0 Å². The summed E-state index contributed by atoms with van der Waals surface area (Å²) in [5.74, 6) is 10.7. The summed E-state index contributed by atoms with van der Waals surface area (Å²) in [6, 6.07) is 0. The molecule has 0 fully saturated rings. The van der Waals surface area contributed by atoms with E-state index in [0.29, 0.717) is 6.42 Å². The first-order valence-corrected chi connectivity index (χ1v) is 8.43. The number of hydrogen-bond donors (Lipinski definition) is 0. The van der Waals surface area contributed by atoms with Gasteiger partial charge in [-0.25, -0.2) is 0 Å². The van der Waals surface area contributed by atoms with Crippen LogP contribution < -0.4 is 5.11 Å². The predicted octanol–water partition coefficient (Wildman–Crippen LogP) is 3.83. The summed E-state index contributed by atoms with van der Waals surface area (Å²) in [6.07, 6.45) is 13.8. The minimum atomic E-state index is -0.979. The van der Waals surface area contributed by atoms with E-state index in [1.807, 2.05) is 0 Å². The highest BCUT2D eigenvalue weighted by molar-refractivity contribution is 5.64. The lowest BCUT2D eigenvalue weighted by Crippen LogP contribution is -2.21. The Morgan fingerprint density at radius 2 is 1.24 bits per heavy atom. The largest absolute Gasteiger partial charge is 0.550 e. The second kappa shape index (κ2) is 16.6. The van der Waals surface area contributed by atoms with Crippen LogP contribution in [0.4, 0.5) is 0 Å². The van der Waals surface area contributed by atoms with Gasteiger partial charge in [0.1, 0.15) is 0 Å². The molecular weight excluding hydrogens is 260 g/mol. The first kappa shape index (κ1) is 19.6. The van der Waals surface area contributed by atoms with E-state index in [1.165, 1.54) is 51.4 Å². The summed E-state index contributed by atoms with van der Waals surface area (Å²) in [7, 11) is 0. The van der Waals surface area contributed by atoms with Crippen molar-refractivity contribution in [3.05, 3.63) is 0 Å². The first-order chi connectivity index (χ1) is 10.3. The molecule has 0 aliphatic heterocycles. The maximum atomic E-state index is 10.2. The second-order valence-electron chi connectivity index (χ2n) is 5.41. The zero-order chi connectivity index (χ0) is 15.6. The van der Waals surface area contributed by atoms with Crippen LogP contribution in [0.3, 0.4) is 0 Å². The van der Waals surface area contributed by atoms with Gasteiger partial charge in [0, 0.05) is 18.8 Å². The average Bonchev–Trinajstić information content (AvgIpc) is 2.46. The van der Waals surface area contributed by atoms with Gasteiger partial charge >= 0.3 is 0 Å². The molecule has 0 saturated carbocycles. The lowest BCUT2D eigenvalue weighted by Gasteiger charge is -1.98. The first-order valence-electron chi connectivity index (χ1n) is 8.43. The monoisotopic (exact) mass is 289 g/mol. The fourth-order valence-electron chi connectivity index (χ4n) is 2.04. The van der Waals surface area contributed by atoms with E-state index in [1.54, 1.807) is 0 Å². The lowest BCUT2D eigenvalue weighted by atomic mass is 10.1. The maximum Gasteiger partial charge on any atom is 0.0414 e. The number of rotatable bonds is 12. The second-order valence-corrected chi connectivity index (χ2v) is 5.41. The third-order valence-corrected chi connectivity index (χ3v) is 3.33. The minimum absolute atomic E-state index is 0.131. The van der Waals surface area contributed by atoms with Crippen molar-refractivity contribution >= 4 is 5.97 Å². The molecule has 0 N–H and O–H groups in total. The molecule has 0 bridgehead atoms. The molecule has 2 heteroatoms. The van der Waals surface area contributed by atoms with Gasteiger partial charge in [-0.15, -0.1) is 0 Å². The molecule has 0 aromatic carbocycles.